The van der Waals surface area contributed by atoms with Crippen LogP contribution in [0.15, 0.2) is 18.2 Å². The number of carbonyl (C=O) groups is 1. The largest absolute Gasteiger partial charge is 0.493 e. The lowest BCUT2D eigenvalue weighted by Gasteiger charge is -2.29. The molecule has 1 aliphatic rings. The summed E-state index contributed by atoms with van der Waals surface area (Å²) in [4.78, 5) is 11.0. The highest BCUT2D eigenvalue weighted by molar-refractivity contribution is 5.81. The lowest BCUT2D eigenvalue weighted by molar-refractivity contribution is 0.00537. The predicted octanol–water partition coefficient (Wildman–Crippen LogP) is 2.19. The van der Waals surface area contributed by atoms with Gasteiger partial charge in [-0.15, -0.1) is 0 Å². The fourth-order valence-corrected chi connectivity index (χ4v) is 2.28. The van der Waals surface area contributed by atoms with Gasteiger partial charge in [-0.25, -0.2) is 0 Å². The molecule has 4 nitrogen and oxygen atoms in total. The number of hydrogen-bond acceptors (Lipinski definition) is 4. The number of methoxy groups -OCH3 is 1. The zero-order chi connectivity index (χ0) is 13.0. The first-order valence-corrected chi connectivity index (χ1v) is 6.23. The molecule has 1 saturated carbocycles. The molecule has 1 aromatic carbocycles. The lowest BCUT2D eigenvalue weighted by Crippen LogP contribution is -2.35. The van der Waals surface area contributed by atoms with Crippen LogP contribution in [0.25, 0.3) is 0 Å². The van der Waals surface area contributed by atoms with Crippen LogP contribution < -0.4 is 9.47 Å². The molecule has 0 aromatic heterocycles. The number of hydrogen-bond donors (Lipinski definition) is 1. The zero-order valence-electron chi connectivity index (χ0n) is 10.5. The van der Waals surface area contributed by atoms with E-state index in [4.69, 9.17) is 9.47 Å². The van der Waals surface area contributed by atoms with Gasteiger partial charge < -0.3 is 14.6 Å². The summed E-state index contributed by atoms with van der Waals surface area (Å²) < 4.78 is 11.0. The monoisotopic (exact) mass is 250 g/mol. The average molecular weight is 250 g/mol. The number of ether oxygens (including phenoxy) is 2. The summed E-state index contributed by atoms with van der Waals surface area (Å²) in [6.45, 7) is 0. The first-order chi connectivity index (χ1) is 8.76. The fourth-order valence-electron chi connectivity index (χ4n) is 2.28. The normalized spacial score (nSPS) is 23.4. The summed E-state index contributed by atoms with van der Waals surface area (Å²) in [5, 5.41) is 9.90. The molecule has 18 heavy (non-hydrogen) atoms. The molecule has 0 aliphatic heterocycles. The molecule has 0 bridgehead atoms. The molecule has 1 N–H and O–H groups in total. The van der Waals surface area contributed by atoms with Crippen molar-refractivity contribution in [3.8, 4) is 11.5 Å². The van der Waals surface area contributed by atoms with E-state index in [9.17, 15) is 9.90 Å². The maximum absolute atomic E-state index is 11.0. The summed E-state index contributed by atoms with van der Waals surface area (Å²) in [5.74, 6) is 0.957. The summed E-state index contributed by atoms with van der Waals surface area (Å²) >= 11 is 0. The maximum Gasteiger partial charge on any atom is 0.172 e. The molecule has 1 fully saturated rings. The van der Waals surface area contributed by atoms with Crippen LogP contribution in [-0.2, 0) is 0 Å². The van der Waals surface area contributed by atoms with Gasteiger partial charge >= 0.3 is 0 Å². The number of aliphatic hydroxyl groups is 1. The van der Waals surface area contributed by atoms with Crippen molar-refractivity contribution in [3.63, 3.8) is 0 Å². The minimum absolute atomic E-state index is 0.256. The lowest BCUT2D eigenvalue weighted by atomic mass is 9.95. The Labute approximate surface area is 107 Å². The molecule has 98 valence electrons. The Bertz CT molecular complexity index is 416. The van der Waals surface area contributed by atoms with Crippen LogP contribution in [0.2, 0.25) is 0 Å². The summed E-state index contributed by atoms with van der Waals surface area (Å²) in [6.07, 6.45) is 3.62. The quantitative estimate of drug-likeness (QED) is 0.832. The van der Waals surface area contributed by atoms with Gasteiger partial charge in [0.1, 0.15) is 6.10 Å². The van der Waals surface area contributed by atoms with Gasteiger partial charge in [-0.2, -0.15) is 0 Å². The molecule has 0 radical (unpaired) electrons. The molecule has 0 heterocycles. The molecule has 1 aliphatic carbocycles. The minimum atomic E-state index is -0.469. The topological polar surface area (TPSA) is 55.8 Å². The van der Waals surface area contributed by atoms with Crippen LogP contribution >= 0.6 is 0 Å². The van der Waals surface area contributed by atoms with E-state index >= 15 is 0 Å². The summed E-state index contributed by atoms with van der Waals surface area (Å²) in [5.41, 5.74) is 0.451. The van der Waals surface area contributed by atoms with Gasteiger partial charge in [-0.1, -0.05) is 12.5 Å². The highest BCUT2D eigenvalue weighted by atomic mass is 16.5. The van der Waals surface area contributed by atoms with Crippen LogP contribution in [0.3, 0.4) is 0 Å². The van der Waals surface area contributed by atoms with Crippen molar-refractivity contribution in [1.29, 1.82) is 0 Å². The van der Waals surface area contributed by atoms with Gasteiger partial charge in [0, 0.05) is 0 Å². The van der Waals surface area contributed by atoms with Crippen molar-refractivity contribution < 1.29 is 19.4 Å². The third kappa shape index (κ3) is 2.64. The van der Waals surface area contributed by atoms with Gasteiger partial charge in [-0.3, -0.25) is 4.79 Å². The standard InChI is InChI=1S/C14H18O4/c1-17-13-8-4-5-10(9-15)14(13)18-12-7-3-2-6-11(12)16/h4-5,8-9,11-12,16H,2-3,6-7H2,1H3. The molecule has 0 spiro atoms. The highest BCUT2D eigenvalue weighted by Crippen LogP contribution is 2.33. The van der Waals surface area contributed by atoms with Crippen molar-refractivity contribution in [3.05, 3.63) is 23.8 Å². The first kappa shape index (κ1) is 12.9. The van der Waals surface area contributed by atoms with E-state index in [1.807, 2.05) is 0 Å². The number of aldehydes is 1. The van der Waals surface area contributed by atoms with E-state index in [0.29, 0.717) is 17.1 Å². The summed E-state index contributed by atoms with van der Waals surface area (Å²) in [6, 6.07) is 5.17. The molecule has 2 rings (SSSR count). The second kappa shape index (κ2) is 5.87. The van der Waals surface area contributed by atoms with Crippen LogP contribution in [-0.4, -0.2) is 30.7 Å². The van der Waals surface area contributed by atoms with Gasteiger partial charge in [0.15, 0.2) is 17.8 Å². The highest BCUT2D eigenvalue weighted by Gasteiger charge is 2.26. The van der Waals surface area contributed by atoms with E-state index in [1.54, 1.807) is 18.2 Å². The number of aliphatic hydroxyl groups excluding tert-OH is 1. The van der Waals surface area contributed by atoms with Crippen molar-refractivity contribution in [2.24, 2.45) is 0 Å². The second-order valence-electron chi connectivity index (χ2n) is 4.50. The van der Waals surface area contributed by atoms with Crippen molar-refractivity contribution in [2.45, 2.75) is 37.9 Å². The molecule has 0 saturated heterocycles. The number of para-hydroxylation sites is 1. The van der Waals surface area contributed by atoms with E-state index < -0.39 is 6.10 Å². The van der Waals surface area contributed by atoms with Crippen LogP contribution in [0.4, 0.5) is 0 Å². The second-order valence-corrected chi connectivity index (χ2v) is 4.50. The van der Waals surface area contributed by atoms with Gasteiger partial charge in [0.05, 0.1) is 18.8 Å². The van der Waals surface area contributed by atoms with Crippen LogP contribution in [0.1, 0.15) is 36.0 Å². The Hall–Kier alpha value is -1.55. The molecular formula is C14H18O4. The average Bonchev–Trinajstić information content (AvgIpc) is 2.41. The Morgan fingerprint density at radius 2 is 2.11 bits per heavy atom. The number of carbonyl (C=O) groups excluding carboxylic acids is 1. The van der Waals surface area contributed by atoms with E-state index in [-0.39, 0.29) is 6.10 Å². The van der Waals surface area contributed by atoms with Crippen molar-refractivity contribution in [1.82, 2.24) is 0 Å². The Morgan fingerprint density at radius 1 is 1.33 bits per heavy atom. The maximum atomic E-state index is 11.0. The molecular weight excluding hydrogens is 232 g/mol. The Morgan fingerprint density at radius 3 is 2.78 bits per heavy atom. The third-order valence-corrected chi connectivity index (χ3v) is 3.29. The molecule has 4 heteroatoms. The van der Waals surface area contributed by atoms with Crippen LogP contribution in [0, 0.1) is 0 Å². The van der Waals surface area contributed by atoms with Gasteiger partial charge in [0.25, 0.3) is 0 Å². The molecule has 0 amide bonds. The summed E-state index contributed by atoms with van der Waals surface area (Å²) in [7, 11) is 1.54. The molecule has 2 unspecified atom stereocenters. The molecule has 2 atom stereocenters. The van der Waals surface area contributed by atoms with E-state index in [2.05, 4.69) is 0 Å². The smallest absolute Gasteiger partial charge is 0.172 e. The van der Waals surface area contributed by atoms with Crippen molar-refractivity contribution >= 4 is 6.29 Å². The Balaban J connectivity index is 2.23. The van der Waals surface area contributed by atoms with Crippen LogP contribution in [0.5, 0.6) is 11.5 Å². The minimum Gasteiger partial charge on any atom is -0.493 e. The third-order valence-electron chi connectivity index (χ3n) is 3.29. The fraction of sp³-hybridized carbons (Fsp3) is 0.500. The van der Waals surface area contributed by atoms with Gasteiger partial charge in [0.2, 0.25) is 0 Å². The Kier molecular flexibility index (Phi) is 4.20. The number of benzene rings is 1. The van der Waals surface area contributed by atoms with E-state index in [1.165, 1.54) is 7.11 Å². The van der Waals surface area contributed by atoms with E-state index in [0.717, 1.165) is 32.0 Å². The van der Waals surface area contributed by atoms with Gasteiger partial charge in [-0.05, 0) is 31.4 Å². The predicted molar refractivity (Wildman–Crippen MR) is 67.3 cm³/mol. The first-order valence-electron chi connectivity index (χ1n) is 6.23. The molecule has 1 aromatic rings. The SMILES string of the molecule is COc1cccc(C=O)c1OC1CCCCC1O. The number of rotatable bonds is 4. The zero-order valence-corrected chi connectivity index (χ0v) is 10.5. The van der Waals surface area contributed by atoms with Crippen molar-refractivity contribution in [2.75, 3.05) is 7.11 Å².